The highest BCUT2D eigenvalue weighted by Gasteiger charge is 2.52. The molecule has 0 saturated carbocycles. The molecule has 4 aromatic heterocycles. The highest BCUT2D eigenvalue weighted by atomic mass is 14.9. The van der Waals surface area contributed by atoms with Gasteiger partial charge in [0, 0.05) is 76.2 Å². The van der Waals surface area contributed by atoms with E-state index in [-0.39, 0.29) is 43.3 Å². The van der Waals surface area contributed by atoms with Gasteiger partial charge in [-0.2, -0.15) is 0 Å². The summed E-state index contributed by atoms with van der Waals surface area (Å²) in [6.07, 6.45) is 8.67. The van der Waals surface area contributed by atoms with Crippen LogP contribution in [-0.4, -0.2) is 0 Å². The van der Waals surface area contributed by atoms with Gasteiger partial charge in [-0.3, -0.25) is 0 Å². The van der Waals surface area contributed by atoms with Crippen molar-refractivity contribution in [3.63, 3.8) is 0 Å². The lowest BCUT2D eigenvalue weighted by Gasteiger charge is -2.49. The minimum Gasteiger partial charge on any atom is -0.201 e. The summed E-state index contributed by atoms with van der Waals surface area (Å²) in [6.45, 7) is 56.6. The second-order valence-corrected chi connectivity index (χ2v) is 41.5. The van der Waals surface area contributed by atoms with Crippen molar-refractivity contribution >= 4 is 43.1 Å². The summed E-state index contributed by atoms with van der Waals surface area (Å²) in [6, 6.07) is 91.3. The van der Waals surface area contributed by atoms with Gasteiger partial charge in [0.05, 0.1) is 0 Å². The van der Waals surface area contributed by atoms with Crippen molar-refractivity contribution in [1.82, 2.24) is 0 Å². The Labute approximate surface area is 740 Å². The average molecular weight is 1630 g/mol. The fraction of sp³-hybridized carbons (Fsp3) is 0.300. The largest absolute Gasteiger partial charge is 0.212 e. The zero-order valence-corrected chi connectivity index (χ0v) is 79.2. The predicted octanol–water partition coefficient (Wildman–Crippen LogP) is 28.7. The van der Waals surface area contributed by atoms with E-state index in [0.717, 1.165) is 0 Å². The predicted molar refractivity (Wildman–Crippen MR) is 526 cm³/mol. The van der Waals surface area contributed by atoms with Crippen LogP contribution in [0.25, 0.3) is 133 Å². The van der Waals surface area contributed by atoms with Crippen LogP contribution in [0.1, 0.15) is 200 Å². The van der Waals surface area contributed by atoms with Gasteiger partial charge >= 0.3 is 0 Å². The molecule has 0 unspecified atom stereocenters. The minimum atomic E-state index is -0.0120. The Kier molecular flexibility index (Phi) is 20.5. The summed E-state index contributed by atoms with van der Waals surface area (Å²) in [5.74, 6) is 0. The first kappa shape index (κ1) is 84.5. The normalized spacial score (nSPS) is 16.1. The van der Waals surface area contributed by atoms with Gasteiger partial charge in [0.1, 0.15) is 28.2 Å². The monoisotopic (exact) mass is 1630 g/mol. The van der Waals surface area contributed by atoms with Crippen molar-refractivity contribution in [1.29, 1.82) is 0 Å². The van der Waals surface area contributed by atoms with Crippen LogP contribution in [0.15, 0.2) is 267 Å². The SMILES string of the molecule is Cc1cc[n+](C)c(-c2cc3c(cc2C)-c2c(ccc4ccccc24)C(C)(C)C3(C)C)c1.Cc1cc[n+](C)c(-c2cc3c(cc2C)-c2cc4ccccc4cc2C(C)(C)C3(C)C)c1.Cc1cc[n+](C)c(-c2ccc3c(c2C)C(C)(C)C(C)(C)c2c-3ccc3ccccc23)c1.Cc1cc[n+](C)c(-c2ccc3c(c2C)C(C)(C)C(C)(C)c2cc4ccccc4cc2-3)c1. The van der Waals surface area contributed by atoms with Gasteiger partial charge in [-0.1, -0.05) is 256 Å². The summed E-state index contributed by atoms with van der Waals surface area (Å²) in [4.78, 5) is 0. The Bertz CT molecular complexity index is 6840. The van der Waals surface area contributed by atoms with Gasteiger partial charge in [-0.15, -0.1) is 0 Å². The Hall–Kier alpha value is -11.7. The van der Waals surface area contributed by atoms with Crippen LogP contribution >= 0.6 is 0 Å². The first-order valence-corrected chi connectivity index (χ1v) is 45.1. The second kappa shape index (κ2) is 30.0. The molecule has 0 saturated heterocycles. The summed E-state index contributed by atoms with van der Waals surface area (Å²) in [5.41, 5.74) is 44.0. The van der Waals surface area contributed by atoms with Gasteiger partial charge in [0.25, 0.3) is 0 Å². The molecular weight excluding hydrogens is 1500 g/mol. The molecule has 0 spiro atoms. The number of rotatable bonds is 4. The topological polar surface area (TPSA) is 15.5 Å². The van der Waals surface area contributed by atoms with Crippen molar-refractivity contribution in [2.24, 2.45) is 28.2 Å². The van der Waals surface area contributed by atoms with Crippen LogP contribution in [0.3, 0.4) is 0 Å². The molecule has 0 amide bonds. The van der Waals surface area contributed by atoms with E-state index < -0.39 is 0 Å². The number of benzene rings is 12. The van der Waals surface area contributed by atoms with E-state index in [2.05, 4.69) is 480 Å². The molecule has 0 aliphatic heterocycles. The fourth-order valence-electron chi connectivity index (χ4n) is 22.1. The number of hydrogen-bond donors (Lipinski definition) is 0. The third kappa shape index (κ3) is 13.2. The van der Waals surface area contributed by atoms with Crippen LogP contribution in [0, 0.1) is 55.4 Å². The Morgan fingerprint density at radius 2 is 0.468 bits per heavy atom. The number of pyridine rings is 4. The summed E-state index contributed by atoms with van der Waals surface area (Å²) >= 11 is 0. The molecule has 4 heterocycles. The third-order valence-electron chi connectivity index (χ3n) is 32.2. The van der Waals surface area contributed by atoms with Crippen molar-refractivity contribution in [2.45, 2.75) is 209 Å². The molecule has 624 valence electrons. The first-order valence-electron chi connectivity index (χ1n) is 45.1. The highest BCUT2D eigenvalue weighted by Crippen LogP contribution is 2.62. The molecule has 4 heteroatoms. The first-order chi connectivity index (χ1) is 58.5. The molecule has 4 nitrogen and oxygen atoms in total. The molecule has 124 heavy (non-hydrogen) atoms. The smallest absolute Gasteiger partial charge is 0.201 e. The number of hydrogen-bond acceptors (Lipinski definition) is 0. The molecule has 0 N–H and O–H groups in total. The summed E-state index contributed by atoms with van der Waals surface area (Å²) in [5, 5.41) is 10.7. The van der Waals surface area contributed by atoms with E-state index in [4.69, 9.17) is 0 Å². The average Bonchev–Trinajstić information content (AvgIpc) is 0.724. The van der Waals surface area contributed by atoms with E-state index >= 15 is 0 Å². The van der Waals surface area contributed by atoms with Crippen LogP contribution in [0.4, 0.5) is 0 Å². The minimum absolute atomic E-state index is 0.000278. The Balaban J connectivity index is 0.000000117. The maximum atomic E-state index is 2.48. The molecule has 0 atom stereocenters. The van der Waals surface area contributed by atoms with Gasteiger partial charge in [0.2, 0.25) is 22.8 Å². The standard InChI is InChI=1S/4C30H32N/c1-19-12-13-31(7)28(14-19)23-18-27-24(15-20(23)2)25-16-21-10-8-9-11-22(21)17-26(25)29(3,4)30(27,5)6;1-19-14-15-31(7)27(16-19)23-12-13-24-25-17-21-10-8-9-11-22(21)18-26(25)29(3,4)30(5,6)28(24)20(23)2;1-19-14-15-31(7)27(16-19)23-18-26-24(17-20(23)2)28-22-11-9-8-10-21(22)12-13-25(28)29(3,4)30(26,5)6;1-19-16-17-31(7)26(18-19)22-14-15-24-25-13-12-21-10-8-9-11-23(21)28(25)30(5,6)29(3,4)27(24)20(22)2/h4*8-18H,1-7H3/q4*+1. The molecule has 16 aromatic rings. The molecule has 4 aliphatic carbocycles. The lowest BCUT2D eigenvalue weighted by Crippen LogP contribution is -2.44. The molecule has 0 bridgehead atoms. The van der Waals surface area contributed by atoms with E-state index in [0.29, 0.717) is 0 Å². The zero-order chi connectivity index (χ0) is 88.5. The Morgan fingerprint density at radius 1 is 0.194 bits per heavy atom. The van der Waals surface area contributed by atoms with Crippen LogP contribution < -0.4 is 18.3 Å². The molecule has 20 rings (SSSR count). The quantitative estimate of drug-likeness (QED) is 0.156. The number of fused-ring (bicyclic) bond motifs is 18. The fourth-order valence-corrected chi connectivity index (χ4v) is 22.1. The van der Waals surface area contributed by atoms with Crippen molar-refractivity contribution in [3.05, 3.63) is 356 Å². The summed E-state index contributed by atoms with van der Waals surface area (Å²) < 4.78 is 8.96. The van der Waals surface area contributed by atoms with E-state index in [1.807, 2.05) is 0 Å². The van der Waals surface area contributed by atoms with E-state index in [1.54, 1.807) is 0 Å². The second-order valence-electron chi connectivity index (χ2n) is 41.5. The van der Waals surface area contributed by atoms with Gasteiger partial charge in [-0.05, 0) is 318 Å². The molecule has 4 aliphatic rings. The maximum absolute atomic E-state index is 2.48. The third-order valence-corrected chi connectivity index (χ3v) is 32.2. The van der Waals surface area contributed by atoms with Gasteiger partial charge in [0.15, 0.2) is 24.8 Å². The Morgan fingerprint density at radius 3 is 0.903 bits per heavy atom. The highest BCUT2D eigenvalue weighted by molar-refractivity contribution is 6.03. The lowest BCUT2D eigenvalue weighted by atomic mass is 9.54. The molecule has 0 radical (unpaired) electrons. The zero-order valence-electron chi connectivity index (χ0n) is 79.2. The molecule has 12 aromatic carbocycles. The van der Waals surface area contributed by atoms with Crippen LogP contribution in [-0.2, 0) is 71.5 Å². The maximum Gasteiger partial charge on any atom is 0.212 e. The van der Waals surface area contributed by atoms with E-state index in [1.165, 1.54) is 222 Å². The van der Waals surface area contributed by atoms with Crippen molar-refractivity contribution < 1.29 is 18.3 Å². The van der Waals surface area contributed by atoms with Gasteiger partial charge in [-0.25, -0.2) is 18.3 Å². The number of nitrogens with zero attached hydrogens (tertiary/aromatic N) is 4. The van der Waals surface area contributed by atoms with Crippen LogP contribution in [0.5, 0.6) is 0 Å². The van der Waals surface area contributed by atoms with Gasteiger partial charge < -0.3 is 0 Å². The number of aromatic nitrogens is 4. The molecular formula is C120H128N4+4. The van der Waals surface area contributed by atoms with Crippen molar-refractivity contribution in [3.8, 4) is 89.5 Å². The molecule has 0 fully saturated rings. The van der Waals surface area contributed by atoms with E-state index in [9.17, 15) is 0 Å². The lowest BCUT2D eigenvalue weighted by molar-refractivity contribution is -0.660. The van der Waals surface area contributed by atoms with Crippen molar-refractivity contribution in [2.75, 3.05) is 0 Å². The van der Waals surface area contributed by atoms with Crippen LogP contribution in [0.2, 0.25) is 0 Å². The number of aryl methyl sites for hydroxylation is 10. The summed E-state index contributed by atoms with van der Waals surface area (Å²) in [7, 11) is 8.57.